The molecule has 1 fully saturated rings. The molecule has 5 nitrogen and oxygen atoms in total. The van der Waals surface area contributed by atoms with Gasteiger partial charge in [-0.05, 0) is 42.5 Å². The van der Waals surface area contributed by atoms with Crippen molar-refractivity contribution in [3.8, 4) is 11.5 Å². The third kappa shape index (κ3) is 5.06. The number of alkyl halides is 3. The molecule has 0 radical (unpaired) electrons. The fourth-order valence-corrected chi connectivity index (χ4v) is 3.30. The summed E-state index contributed by atoms with van der Waals surface area (Å²) in [4.78, 5) is 16.1. The van der Waals surface area contributed by atoms with Crippen molar-refractivity contribution in [3.05, 3.63) is 59.7 Å². The van der Waals surface area contributed by atoms with E-state index in [1.807, 2.05) is 4.90 Å². The van der Waals surface area contributed by atoms with Crippen LogP contribution in [0.2, 0.25) is 0 Å². The molecule has 30 heavy (non-hydrogen) atoms. The molecule has 160 valence electrons. The molecular formula is C22H23F3N2O3. The monoisotopic (exact) mass is 420 g/mol. The Morgan fingerprint density at radius 2 is 1.73 bits per heavy atom. The molecule has 0 saturated carbocycles. The number of halogens is 3. The molecule has 0 bridgehead atoms. The normalized spacial score (nSPS) is 14.8. The van der Waals surface area contributed by atoms with Gasteiger partial charge in [0, 0.05) is 43.5 Å². The largest absolute Gasteiger partial charge is 0.497 e. The van der Waals surface area contributed by atoms with Crippen LogP contribution in [0.1, 0.15) is 11.1 Å². The summed E-state index contributed by atoms with van der Waals surface area (Å²) >= 11 is 0. The van der Waals surface area contributed by atoms with Gasteiger partial charge >= 0.3 is 6.18 Å². The number of anilines is 1. The number of methoxy groups -OCH3 is 2. The van der Waals surface area contributed by atoms with Crippen molar-refractivity contribution in [2.45, 2.75) is 6.18 Å². The Bertz CT molecular complexity index is 920. The standard InChI is InChI=1S/C22H23F3N2O3/c1-29-19-7-8-20(30-2)16(14-19)6-9-21(28)27-12-10-26(11-13-27)18-5-3-4-17(15-18)22(23,24)25/h3-9,14-15H,10-13H2,1-2H3. The van der Waals surface area contributed by atoms with Gasteiger partial charge in [0.05, 0.1) is 19.8 Å². The van der Waals surface area contributed by atoms with Gasteiger partial charge in [0.15, 0.2) is 0 Å². The second-order valence-corrected chi connectivity index (χ2v) is 6.80. The topological polar surface area (TPSA) is 42.0 Å². The molecule has 0 unspecified atom stereocenters. The predicted molar refractivity (Wildman–Crippen MR) is 109 cm³/mol. The number of hydrogen-bond acceptors (Lipinski definition) is 4. The number of carbonyl (C=O) groups is 1. The molecule has 1 aliphatic rings. The highest BCUT2D eigenvalue weighted by molar-refractivity contribution is 5.92. The highest BCUT2D eigenvalue weighted by atomic mass is 19.4. The van der Waals surface area contributed by atoms with Crippen molar-refractivity contribution in [1.29, 1.82) is 0 Å². The van der Waals surface area contributed by atoms with E-state index in [0.717, 1.165) is 12.1 Å². The van der Waals surface area contributed by atoms with E-state index in [9.17, 15) is 18.0 Å². The van der Waals surface area contributed by atoms with E-state index >= 15 is 0 Å². The maximum absolute atomic E-state index is 12.9. The predicted octanol–water partition coefficient (Wildman–Crippen LogP) is 4.08. The lowest BCUT2D eigenvalue weighted by Crippen LogP contribution is -2.48. The van der Waals surface area contributed by atoms with E-state index in [4.69, 9.17) is 9.47 Å². The van der Waals surface area contributed by atoms with Crippen molar-refractivity contribution in [2.75, 3.05) is 45.3 Å². The third-order valence-corrected chi connectivity index (χ3v) is 4.97. The maximum atomic E-state index is 12.9. The molecule has 2 aromatic carbocycles. The smallest absolute Gasteiger partial charge is 0.416 e. The summed E-state index contributed by atoms with van der Waals surface area (Å²) in [7, 11) is 3.11. The SMILES string of the molecule is COc1ccc(OC)c(C=CC(=O)N2CCN(c3cccc(C(F)(F)F)c3)CC2)c1. The zero-order valence-electron chi connectivity index (χ0n) is 16.8. The maximum Gasteiger partial charge on any atom is 0.416 e. The van der Waals surface area contributed by atoms with E-state index < -0.39 is 11.7 Å². The summed E-state index contributed by atoms with van der Waals surface area (Å²) in [6, 6.07) is 10.6. The van der Waals surface area contributed by atoms with Gasteiger partial charge in [-0.1, -0.05) is 6.07 Å². The van der Waals surface area contributed by atoms with E-state index in [1.165, 1.54) is 12.1 Å². The Morgan fingerprint density at radius 3 is 2.37 bits per heavy atom. The van der Waals surface area contributed by atoms with E-state index in [1.54, 1.807) is 49.5 Å². The highest BCUT2D eigenvalue weighted by Crippen LogP contribution is 2.32. The Balaban J connectivity index is 1.63. The van der Waals surface area contributed by atoms with Crippen LogP contribution in [0.3, 0.4) is 0 Å². The molecule has 0 N–H and O–H groups in total. The summed E-state index contributed by atoms with van der Waals surface area (Å²) < 4.78 is 49.3. The van der Waals surface area contributed by atoms with Crippen molar-refractivity contribution in [2.24, 2.45) is 0 Å². The Hall–Kier alpha value is -3.16. The summed E-state index contributed by atoms with van der Waals surface area (Å²) in [6.07, 6.45) is -1.24. The molecule has 0 atom stereocenters. The van der Waals surface area contributed by atoms with Crippen LogP contribution in [0, 0.1) is 0 Å². The first kappa shape index (κ1) is 21.5. The van der Waals surface area contributed by atoms with Gasteiger partial charge in [-0.25, -0.2) is 0 Å². The Labute approximate surface area is 173 Å². The minimum Gasteiger partial charge on any atom is -0.497 e. The number of hydrogen-bond donors (Lipinski definition) is 0. The van der Waals surface area contributed by atoms with Gasteiger partial charge in [-0.2, -0.15) is 13.2 Å². The number of amides is 1. The first-order chi connectivity index (χ1) is 14.3. The summed E-state index contributed by atoms with van der Waals surface area (Å²) in [5.41, 5.74) is 0.551. The molecule has 3 rings (SSSR count). The van der Waals surface area contributed by atoms with Crippen LogP contribution in [-0.2, 0) is 11.0 Å². The molecule has 1 saturated heterocycles. The fourth-order valence-electron chi connectivity index (χ4n) is 3.30. The van der Waals surface area contributed by atoms with Crippen molar-refractivity contribution < 1.29 is 27.4 Å². The lowest BCUT2D eigenvalue weighted by molar-refractivity contribution is -0.137. The van der Waals surface area contributed by atoms with E-state index in [2.05, 4.69) is 0 Å². The lowest BCUT2D eigenvalue weighted by Gasteiger charge is -2.36. The Morgan fingerprint density at radius 1 is 1.00 bits per heavy atom. The number of rotatable bonds is 5. The van der Waals surface area contributed by atoms with Crippen LogP contribution >= 0.6 is 0 Å². The second-order valence-electron chi connectivity index (χ2n) is 6.80. The van der Waals surface area contributed by atoms with Crippen LogP contribution in [0.15, 0.2) is 48.5 Å². The van der Waals surface area contributed by atoms with Crippen LogP contribution in [0.4, 0.5) is 18.9 Å². The quantitative estimate of drug-likeness (QED) is 0.684. The molecular weight excluding hydrogens is 397 g/mol. The third-order valence-electron chi connectivity index (χ3n) is 4.97. The number of nitrogens with zero attached hydrogens (tertiary/aromatic N) is 2. The van der Waals surface area contributed by atoms with E-state index in [0.29, 0.717) is 48.9 Å². The van der Waals surface area contributed by atoms with Crippen molar-refractivity contribution in [3.63, 3.8) is 0 Å². The van der Waals surface area contributed by atoms with Gasteiger partial charge in [0.2, 0.25) is 5.91 Å². The van der Waals surface area contributed by atoms with Crippen LogP contribution in [0.5, 0.6) is 11.5 Å². The summed E-state index contributed by atoms with van der Waals surface area (Å²) in [5, 5.41) is 0. The number of benzene rings is 2. The van der Waals surface area contributed by atoms with Gasteiger partial charge in [0.1, 0.15) is 11.5 Å². The second kappa shape index (κ2) is 9.11. The number of piperazine rings is 1. The summed E-state index contributed by atoms with van der Waals surface area (Å²) in [6.45, 7) is 1.77. The molecule has 0 aromatic heterocycles. The minimum absolute atomic E-state index is 0.163. The van der Waals surface area contributed by atoms with Crippen LogP contribution in [0.25, 0.3) is 6.08 Å². The first-order valence-corrected chi connectivity index (χ1v) is 9.43. The fraction of sp³-hybridized carbons (Fsp3) is 0.318. The molecule has 1 aliphatic heterocycles. The zero-order valence-corrected chi connectivity index (χ0v) is 16.8. The van der Waals surface area contributed by atoms with Gasteiger partial charge in [0.25, 0.3) is 0 Å². The molecule has 2 aromatic rings. The van der Waals surface area contributed by atoms with Crippen LogP contribution in [-0.4, -0.2) is 51.2 Å². The average molecular weight is 420 g/mol. The first-order valence-electron chi connectivity index (χ1n) is 9.43. The van der Waals surface area contributed by atoms with Gasteiger partial charge in [-0.3, -0.25) is 4.79 Å². The van der Waals surface area contributed by atoms with Crippen molar-refractivity contribution in [1.82, 2.24) is 4.90 Å². The summed E-state index contributed by atoms with van der Waals surface area (Å²) in [5.74, 6) is 1.11. The molecule has 8 heteroatoms. The number of carbonyl (C=O) groups excluding carboxylic acids is 1. The molecule has 0 aliphatic carbocycles. The average Bonchev–Trinajstić information content (AvgIpc) is 2.76. The zero-order chi connectivity index (χ0) is 21.7. The van der Waals surface area contributed by atoms with Gasteiger partial charge < -0.3 is 19.3 Å². The Kier molecular flexibility index (Phi) is 6.54. The highest BCUT2D eigenvalue weighted by Gasteiger charge is 2.31. The van der Waals surface area contributed by atoms with Crippen molar-refractivity contribution >= 4 is 17.7 Å². The van der Waals surface area contributed by atoms with Gasteiger partial charge in [-0.15, -0.1) is 0 Å². The molecule has 1 heterocycles. The molecule has 1 amide bonds. The van der Waals surface area contributed by atoms with Crippen LogP contribution < -0.4 is 14.4 Å². The molecule has 0 spiro atoms. The van der Waals surface area contributed by atoms with E-state index in [-0.39, 0.29) is 5.91 Å². The number of ether oxygens (including phenoxy) is 2. The minimum atomic E-state index is -4.38. The lowest BCUT2D eigenvalue weighted by atomic mass is 10.1.